The summed E-state index contributed by atoms with van der Waals surface area (Å²) in [6.07, 6.45) is 2.89. The van der Waals surface area contributed by atoms with Crippen LogP contribution in [-0.2, 0) is 10.0 Å². The van der Waals surface area contributed by atoms with Crippen LogP contribution in [-0.4, -0.2) is 8.42 Å². The summed E-state index contributed by atoms with van der Waals surface area (Å²) in [5, 5.41) is 13.2. The summed E-state index contributed by atoms with van der Waals surface area (Å²) in [4.78, 5) is 0.0617. The largest absolute Gasteiger partial charge is 0.238 e. The molecule has 0 amide bonds. The molecule has 0 radical (unpaired) electrons. The maximum Gasteiger partial charge on any atom is 0.238 e. The molecule has 0 bridgehead atoms. The molecule has 0 unspecified atom stereocenters. The second kappa shape index (κ2) is 4.05. The molecule has 0 aliphatic carbocycles. The fourth-order valence-electron chi connectivity index (χ4n) is 0.902. The van der Waals surface area contributed by atoms with E-state index in [2.05, 4.69) is 0 Å². The van der Waals surface area contributed by atoms with Crippen molar-refractivity contribution in [2.24, 2.45) is 5.14 Å². The molecule has 0 atom stereocenters. The maximum absolute atomic E-state index is 10.9. The molecule has 0 saturated carbocycles. The van der Waals surface area contributed by atoms with Crippen LogP contribution in [0.5, 0.6) is 0 Å². The molecule has 1 rings (SSSR count). The third-order valence-corrected chi connectivity index (χ3v) is 2.49. The Morgan fingerprint density at radius 1 is 1.29 bits per heavy atom. The molecular formula is C9H8N2O2S. The van der Waals surface area contributed by atoms with E-state index >= 15 is 0 Å². The molecule has 0 saturated heterocycles. The van der Waals surface area contributed by atoms with Gasteiger partial charge in [-0.1, -0.05) is 12.1 Å². The standard InChI is InChI=1S/C9H8N2O2S/c10-7-1-2-8-3-5-9(6-4-8)14(11,12)13/h1-6H,(H2,11,12,13). The van der Waals surface area contributed by atoms with Crippen LogP contribution < -0.4 is 5.14 Å². The second-order valence-electron chi connectivity index (χ2n) is 2.58. The van der Waals surface area contributed by atoms with Crippen molar-refractivity contribution in [3.8, 4) is 6.07 Å². The summed E-state index contributed by atoms with van der Waals surface area (Å²) in [6, 6.07) is 7.78. The number of primary sulfonamides is 1. The van der Waals surface area contributed by atoms with Gasteiger partial charge in [0.25, 0.3) is 0 Å². The Morgan fingerprint density at radius 3 is 2.29 bits per heavy atom. The highest BCUT2D eigenvalue weighted by atomic mass is 32.2. The van der Waals surface area contributed by atoms with Gasteiger partial charge in [-0.2, -0.15) is 5.26 Å². The Labute approximate surface area is 82.3 Å². The predicted molar refractivity (Wildman–Crippen MR) is 52.5 cm³/mol. The molecule has 14 heavy (non-hydrogen) atoms. The van der Waals surface area contributed by atoms with Gasteiger partial charge in [-0.25, -0.2) is 13.6 Å². The Bertz CT molecular complexity index is 481. The lowest BCUT2D eigenvalue weighted by Crippen LogP contribution is -2.11. The summed E-state index contributed by atoms with van der Waals surface area (Å²) in [5.41, 5.74) is 0.749. The monoisotopic (exact) mass is 208 g/mol. The average molecular weight is 208 g/mol. The molecule has 0 heterocycles. The minimum Gasteiger partial charge on any atom is -0.225 e. The number of rotatable bonds is 2. The van der Waals surface area contributed by atoms with Crippen LogP contribution in [0, 0.1) is 11.3 Å². The van der Waals surface area contributed by atoms with Gasteiger partial charge >= 0.3 is 0 Å². The Morgan fingerprint density at radius 2 is 1.86 bits per heavy atom. The van der Waals surface area contributed by atoms with Gasteiger partial charge in [-0.15, -0.1) is 0 Å². The van der Waals surface area contributed by atoms with E-state index < -0.39 is 10.0 Å². The number of nitrogens with two attached hydrogens (primary N) is 1. The normalized spacial score (nSPS) is 11.4. The maximum atomic E-state index is 10.9. The molecule has 2 N–H and O–H groups in total. The summed E-state index contributed by atoms with van der Waals surface area (Å²) in [7, 11) is -3.63. The summed E-state index contributed by atoms with van der Waals surface area (Å²) >= 11 is 0. The molecule has 0 aliphatic rings. The van der Waals surface area contributed by atoms with Crippen molar-refractivity contribution < 1.29 is 8.42 Å². The molecule has 4 nitrogen and oxygen atoms in total. The highest BCUT2D eigenvalue weighted by molar-refractivity contribution is 7.89. The van der Waals surface area contributed by atoms with E-state index in [1.54, 1.807) is 18.2 Å². The van der Waals surface area contributed by atoms with E-state index in [-0.39, 0.29) is 4.90 Å². The summed E-state index contributed by atoms with van der Waals surface area (Å²) < 4.78 is 21.7. The van der Waals surface area contributed by atoms with Crippen molar-refractivity contribution >= 4 is 16.1 Å². The Hall–Kier alpha value is -1.64. The molecule has 1 aromatic carbocycles. The zero-order valence-electron chi connectivity index (χ0n) is 7.21. The Kier molecular flexibility index (Phi) is 3.02. The van der Waals surface area contributed by atoms with Crippen molar-refractivity contribution in [2.45, 2.75) is 4.90 Å². The van der Waals surface area contributed by atoms with Crippen LogP contribution >= 0.6 is 0 Å². The summed E-state index contributed by atoms with van der Waals surface area (Å²) in [6.45, 7) is 0. The van der Waals surface area contributed by atoms with Gasteiger partial charge < -0.3 is 0 Å². The van der Waals surface area contributed by atoms with Crippen molar-refractivity contribution in [1.29, 1.82) is 5.26 Å². The van der Waals surface area contributed by atoms with Crippen molar-refractivity contribution in [3.05, 3.63) is 35.9 Å². The first-order chi connectivity index (χ1) is 6.54. The number of sulfonamides is 1. The van der Waals surface area contributed by atoms with Gasteiger partial charge in [0.15, 0.2) is 0 Å². The zero-order chi connectivity index (χ0) is 10.6. The lowest BCUT2D eigenvalue weighted by Gasteiger charge is -1.97. The highest BCUT2D eigenvalue weighted by Gasteiger charge is 2.05. The zero-order valence-corrected chi connectivity index (χ0v) is 8.03. The SMILES string of the molecule is N#CC=Cc1ccc(S(N)(=O)=O)cc1. The topological polar surface area (TPSA) is 83.9 Å². The first kappa shape index (κ1) is 10.4. The third-order valence-electron chi connectivity index (χ3n) is 1.56. The van der Waals surface area contributed by atoms with Crippen molar-refractivity contribution in [3.63, 3.8) is 0 Å². The van der Waals surface area contributed by atoms with E-state index in [1.807, 2.05) is 6.07 Å². The minimum absolute atomic E-state index is 0.0617. The number of hydrogen-bond donors (Lipinski definition) is 1. The lowest BCUT2D eigenvalue weighted by atomic mass is 10.2. The lowest BCUT2D eigenvalue weighted by molar-refractivity contribution is 0.598. The van der Waals surface area contributed by atoms with E-state index in [9.17, 15) is 8.42 Å². The van der Waals surface area contributed by atoms with Crippen LogP contribution in [0.25, 0.3) is 6.08 Å². The van der Waals surface area contributed by atoms with Gasteiger partial charge in [0, 0.05) is 6.08 Å². The van der Waals surface area contributed by atoms with E-state index in [4.69, 9.17) is 10.4 Å². The van der Waals surface area contributed by atoms with Gasteiger partial charge in [0.05, 0.1) is 11.0 Å². The van der Waals surface area contributed by atoms with Crippen molar-refractivity contribution in [1.82, 2.24) is 0 Å². The summed E-state index contributed by atoms with van der Waals surface area (Å²) in [5.74, 6) is 0. The van der Waals surface area contributed by atoms with Crippen LogP contribution in [0.1, 0.15) is 5.56 Å². The smallest absolute Gasteiger partial charge is 0.225 e. The van der Waals surface area contributed by atoms with Crippen LogP contribution in [0.4, 0.5) is 0 Å². The van der Waals surface area contributed by atoms with E-state index in [0.29, 0.717) is 0 Å². The number of nitriles is 1. The number of benzene rings is 1. The highest BCUT2D eigenvalue weighted by Crippen LogP contribution is 2.09. The fraction of sp³-hybridized carbons (Fsp3) is 0. The molecule has 1 aromatic rings. The first-order valence-corrected chi connectivity index (χ1v) is 5.28. The van der Waals surface area contributed by atoms with E-state index in [1.165, 1.54) is 18.2 Å². The first-order valence-electron chi connectivity index (χ1n) is 3.73. The predicted octanol–water partition coefficient (Wildman–Crippen LogP) is 0.871. The fourth-order valence-corrected chi connectivity index (χ4v) is 1.42. The molecule has 0 aliphatic heterocycles. The minimum atomic E-state index is -3.63. The second-order valence-corrected chi connectivity index (χ2v) is 4.14. The van der Waals surface area contributed by atoms with Gasteiger partial charge in [-0.05, 0) is 23.8 Å². The third kappa shape index (κ3) is 2.69. The van der Waals surface area contributed by atoms with Gasteiger partial charge in [-0.3, -0.25) is 0 Å². The van der Waals surface area contributed by atoms with E-state index in [0.717, 1.165) is 5.56 Å². The van der Waals surface area contributed by atoms with Crippen molar-refractivity contribution in [2.75, 3.05) is 0 Å². The quantitative estimate of drug-likeness (QED) is 0.732. The molecule has 0 spiro atoms. The molecule has 0 aromatic heterocycles. The molecular weight excluding hydrogens is 200 g/mol. The number of hydrogen-bond acceptors (Lipinski definition) is 3. The Balaban J connectivity index is 3.03. The van der Waals surface area contributed by atoms with Crippen LogP contribution in [0.15, 0.2) is 35.2 Å². The van der Waals surface area contributed by atoms with Gasteiger partial charge in [0.2, 0.25) is 10.0 Å². The van der Waals surface area contributed by atoms with Gasteiger partial charge in [0.1, 0.15) is 0 Å². The number of allylic oxidation sites excluding steroid dienone is 1. The molecule has 0 fully saturated rings. The molecule has 5 heteroatoms. The molecule has 72 valence electrons. The van der Waals surface area contributed by atoms with Crippen LogP contribution in [0.2, 0.25) is 0 Å². The number of nitrogens with zero attached hydrogens (tertiary/aromatic N) is 1. The average Bonchev–Trinajstić information content (AvgIpc) is 2.14. The van der Waals surface area contributed by atoms with Crippen LogP contribution in [0.3, 0.4) is 0 Å².